The molecule has 0 radical (unpaired) electrons. The average Bonchev–Trinajstić information content (AvgIpc) is 3.18. The highest BCUT2D eigenvalue weighted by Gasteiger charge is 2.17. The molecule has 9 nitrogen and oxygen atoms in total. The standard InChI is InChI=1S/C17H13ClN8O/c1-26(11-5-3-2-4-6-11)17-23-13(22-16(19)24-17)14-21-15(27-25-14)10-7-8-12(18)20-9-10/h2-9H,1H3,(H2,19,22,23,24). The largest absolute Gasteiger partial charge is 0.368 e. The molecule has 0 fully saturated rings. The van der Waals surface area contributed by atoms with Crippen LogP contribution in [-0.4, -0.2) is 37.1 Å². The SMILES string of the molecule is CN(c1ccccc1)c1nc(N)nc(-c2noc(-c3ccc(Cl)nc3)n2)n1. The minimum Gasteiger partial charge on any atom is -0.368 e. The average molecular weight is 381 g/mol. The van der Waals surface area contributed by atoms with Crippen molar-refractivity contribution in [3.63, 3.8) is 0 Å². The van der Waals surface area contributed by atoms with Gasteiger partial charge < -0.3 is 15.2 Å². The molecule has 10 heteroatoms. The zero-order valence-corrected chi connectivity index (χ0v) is 14.9. The van der Waals surface area contributed by atoms with Gasteiger partial charge in [-0.2, -0.15) is 19.9 Å². The van der Waals surface area contributed by atoms with Crippen LogP contribution in [0.1, 0.15) is 0 Å². The van der Waals surface area contributed by atoms with E-state index in [1.165, 1.54) is 6.20 Å². The zero-order chi connectivity index (χ0) is 18.8. The summed E-state index contributed by atoms with van der Waals surface area (Å²) in [4.78, 5) is 22.8. The first kappa shape index (κ1) is 16.9. The highest BCUT2D eigenvalue weighted by atomic mass is 35.5. The van der Waals surface area contributed by atoms with Gasteiger partial charge in [-0.1, -0.05) is 35.0 Å². The second-order valence-electron chi connectivity index (χ2n) is 5.50. The number of hydrogen-bond donors (Lipinski definition) is 1. The van der Waals surface area contributed by atoms with Crippen LogP contribution in [0.3, 0.4) is 0 Å². The van der Waals surface area contributed by atoms with Crippen molar-refractivity contribution in [2.45, 2.75) is 0 Å². The third kappa shape index (κ3) is 3.53. The maximum Gasteiger partial charge on any atom is 0.259 e. The molecule has 0 aliphatic heterocycles. The van der Waals surface area contributed by atoms with Crippen LogP contribution in [0, 0.1) is 0 Å². The maximum atomic E-state index is 5.85. The van der Waals surface area contributed by atoms with Gasteiger partial charge in [0.1, 0.15) is 5.15 Å². The number of hydrogen-bond acceptors (Lipinski definition) is 9. The Hall–Kier alpha value is -3.59. The number of nitrogens with zero attached hydrogens (tertiary/aromatic N) is 7. The van der Waals surface area contributed by atoms with Gasteiger partial charge in [-0.05, 0) is 24.3 Å². The minimum absolute atomic E-state index is 0.0530. The van der Waals surface area contributed by atoms with Gasteiger partial charge in [0.2, 0.25) is 23.5 Å². The van der Waals surface area contributed by atoms with E-state index in [0.29, 0.717) is 16.7 Å². The third-order valence-corrected chi connectivity index (χ3v) is 3.91. The molecule has 27 heavy (non-hydrogen) atoms. The molecular formula is C17H13ClN8O. The van der Waals surface area contributed by atoms with E-state index < -0.39 is 0 Å². The molecule has 0 saturated heterocycles. The molecule has 4 rings (SSSR count). The molecule has 0 bridgehead atoms. The van der Waals surface area contributed by atoms with Gasteiger partial charge in [0.25, 0.3) is 5.89 Å². The van der Waals surface area contributed by atoms with E-state index in [1.807, 2.05) is 37.4 Å². The van der Waals surface area contributed by atoms with Crippen molar-refractivity contribution in [3.05, 3.63) is 53.8 Å². The number of nitrogens with two attached hydrogens (primary N) is 1. The molecular weight excluding hydrogens is 368 g/mol. The number of anilines is 3. The number of rotatable bonds is 4. The van der Waals surface area contributed by atoms with E-state index in [0.717, 1.165) is 5.69 Å². The highest BCUT2D eigenvalue weighted by Crippen LogP contribution is 2.24. The summed E-state index contributed by atoms with van der Waals surface area (Å²) in [5, 5.41) is 4.30. The number of benzene rings is 1. The van der Waals surface area contributed by atoms with Crippen LogP contribution in [0.4, 0.5) is 17.6 Å². The first-order valence-electron chi connectivity index (χ1n) is 7.86. The molecule has 0 saturated carbocycles. The summed E-state index contributed by atoms with van der Waals surface area (Å²) in [7, 11) is 1.83. The van der Waals surface area contributed by atoms with Gasteiger partial charge in [0, 0.05) is 18.9 Å². The van der Waals surface area contributed by atoms with Gasteiger partial charge in [-0.25, -0.2) is 4.98 Å². The van der Waals surface area contributed by atoms with E-state index in [9.17, 15) is 0 Å². The Morgan fingerprint density at radius 1 is 0.963 bits per heavy atom. The second kappa shape index (κ2) is 6.96. The fourth-order valence-corrected chi connectivity index (χ4v) is 2.44. The Labute approximate surface area is 158 Å². The van der Waals surface area contributed by atoms with E-state index in [-0.39, 0.29) is 23.5 Å². The summed E-state index contributed by atoms with van der Waals surface area (Å²) in [6.45, 7) is 0. The number of pyridine rings is 1. The van der Waals surface area contributed by atoms with Crippen LogP contribution < -0.4 is 10.6 Å². The number of nitrogen functional groups attached to an aromatic ring is 1. The molecule has 0 aliphatic carbocycles. The lowest BCUT2D eigenvalue weighted by Gasteiger charge is -2.17. The van der Waals surface area contributed by atoms with E-state index >= 15 is 0 Å². The van der Waals surface area contributed by atoms with Crippen molar-refractivity contribution in [3.8, 4) is 23.1 Å². The summed E-state index contributed by atoms with van der Waals surface area (Å²) in [6.07, 6.45) is 1.54. The Kier molecular flexibility index (Phi) is 4.35. The molecule has 0 atom stereocenters. The van der Waals surface area contributed by atoms with E-state index in [4.69, 9.17) is 21.9 Å². The molecule has 134 valence electrons. The van der Waals surface area contributed by atoms with Gasteiger partial charge in [-0.15, -0.1) is 0 Å². The maximum absolute atomic E-state index is 5.85. The van der Waals surface area contributed by atoms with Crippen LogP contribution in [0.15, 0.2) is 53.2 Å². The lowest BCUT2D eigenvalue weighted by molar-refractivity contribution is 0.431. The van der Waals surface area contributed by atoms with Crippen molar-refractivity contribution in [2.75, 3.05) is 17.7 Å². The normalized spacial score (nSPS) is 10.7. The van der Waals surface area contributed by atoms with E-state index in [1.54, 1.807) is 17.0 Å². The van der Waals surface area contributed by atoms with Crippen molar-refractivity contribution < 1.29 is 4.52 Å². The first-order valence-corrected chi connectivity index (χ1v) is 8.24. The third-order valence-electron chi connectivity index (χ3n) is 3.68. The first-order chi connectivity index (χ1) is 13.1. The number of halogens is 1. The summed E-state index contributed by atoms with van der Waals surface area (Å²) in [5.41, 5.74) is 7.37. The molecule has 2 N–H and O–H groups in total. The molecule has 4 aromatic rings. The topological polar surface area (TPSA) is 120 Å². The Morgan fingerprint density at radius 2 is 1.78 bits per heavy atom. The summed E-state index contributed by atoms with van der Waals surface area (Å²) < 4.78 is 5.27. The predicted octanol–water partition coefficient (Wildman–Crippen LogP) is 2.99. The fourth-order valence-electron chi connectivity index (χ4n) is 2.33. The Balaban J connectivity index is 1.69. The van der Waals surface area contributed by atoms with Crippen LogP contribution in [-0.2, 0) is 0 Å². The smallest absolute Gasteiger partial charge is 0.259 e. The quantitative estimate of drug-likeness (QED) is 0.532. The lowest BCUT2D eigenvalue weighted by atomic mass is 10.3. The number of para-hydroxylation sites is 1. The minimum atomic E-state index is 0.0530. The zero-order valence-electron chi connectivity index (χ0n) is 14.1. The Morgan fingerprint density at radius 3 is 2.52 bits per heavy atom. The lowest BCUT2D eigenvalue weighted by Crippen LogP contribution is -2.15. The predicted molar refractivity (Wildman–Crippen MR) is 100 cm³/mol. The molecule has 3 aromatic heterocycles. The molecule has 1 aromatic carbocycles. The number of aromatic nitrogens is 6. The van der Waals surface area contributed by atoms with Gasteiger partial charge in [0.15, 0.2) is 0 Å². The van der Waals surface area contributed by atoms with Gasteiger partial charge >= 0.3 is 0 Å². The van der Waals surface area contributed by atoms with Crippen molar-refractivity contribution in [1.29, 1.82) is 0 Å². The van der Waals surface area contributed by atoms with Crippen LogP contribution >= 0.6 is 11.6 Å². The van der Waals surface area contributed by atoms with Crippen molar-refractivity contribution in [1.82, 2.24) is 30.1 Å². The molecule has 0 aliphatic rings. The van der Waals surface area contributed by atoms with Crippen LogP contribution in [0.25, 0.3) is 23.1 Å². The fraction of sp³-hybridized carbons (Fsp3) is 0.0588. The van der Waals surface area contributed by atoms with Crippen LogP contribution in [0.2, 0.25) is 5.15 Å². The Bertz CT molecular complexity index is 1070. The van der Waals surface area contributed by atoms with Gasteiger partial charge in [-0.3, -0.25) is 0 Å². The highest BCUT2D eigenvalue weighted by molar-refractivity contribution is 6.29. The van der Waals surface area contributed by atoms with E-state index in [2.05, 4.69) is 30.1 Å². The molecule has 0 amide bonds. The monoisotopic (exact) mass is 380 g/mol. The van der Waals surface area contributed by atoms with Crippen LogP contribution in [0.5, 0.6) is 0 Å². The molecule has 0 unspecified atom stereocenters. The molecule has 3 heterocycles. The second-order valence-corrected chi connectivity index (χ2v) is 5.89. The summed E-state index contributed by atoms with van der Waals surface area (Å²) in [5.74, 6) is 1.08. The molecule has 0 spiro atoms. The summed E-state index contributed by atoms with van der Waals surface area (Å²) in [6, 6.07) is 13.0. The summed E-state index contributed by atoms with van der Waals surface area (Å²) >= 11 is 5.79. The van der Waals surface area contributed by atoms with Crippen molar-refractivity contribution in [2.24, 2.45) is 0 Å². The van der Waals surface area contributed by atoms with Gasteiger partial charge in [0.05, 0.1) is 5.56 Å². The van der Waals surface area contributed by atoms with Crippen molar-refractivity contribution >= 4 is 29.2 Å².